The summed E-state index contributed by atoms with van der Waals surface area (Å²) in [5.74, 6) is -0.406. The highest BCUT2D eigenvalue weighted by atomic mass is 35.5. The lowest BCUT2D eigenvalue weighted by Gasteiger charge is -2.18. The highest BCUT2D eigenvalue weighted by molar-refractivity contribution is 6.35. The number of carbonyl (C=O) groups is 1. The van der Waals surface area contributed by atoms with Gasteiger partial charge in [0.25, 0.3) is 0 Å². The summed E-state index contributed by atoms with van der Waals surface area (Å²) in [6.07, 6.45) is 2.40. The number of benzene rings is 2. The molecule has 0 atom stereocenters. The van der Waals surface area contributed by atoms with Gasteiger partial charge in [0.05, 0.1) is 22.8 Å². The molecule has 0 unspecified atom stereocenters. The number of nitrogens with zero attached hydrogens (tertiary/aromatic N) is 1. The molecule has 1 N–H and O–H groups in total. The quantitative estimate of drug-likeness (QED) is 0.588. The van der Waals surface area contributed by atoms with Crippen molar-refractivity contribution in [3.8, 4) is 0 Å². The molecule has 1 aromatic heterocycles. The predicted octanol–water partition coefficient (Wildman–Crippen LogP) is 5.68. The van der Waals surface area contributed by atoms with Crippen molar-refractivity contribution in [1.29, 1.82) is 0 Å². The number of aryl methyl sites for hydroxylation is 2. The molecule has 0 aliphatic carbocycles. The molecule has 0 amide bonds. The Bertz CT molecular complexity index is 970. The minimum atomic E-state index is -0.406. The van der Waals surface area contributed by atoms with Crippen LogP contribution in [0.2, 0.25) is 5.02 Å². The topological polar surface area (TPSA) is 51.2 Å². The van der Waals surface area contributed by atoms with Crippen LogP contribution in [0.4, 0.5) is 11.4 Å². The molecule has 2 aromatic carbocycles. The number of esters is 1. The molecule has 0 saturated carbocycles. The third kappa shape index (κ3) is 3.37. The largest absolute Gasteiger partial charge is 0.462 e. The summed E-state index contributed by atoms with van der Waals surface area (Å²) in [5.41, 5.74) is 4.98. The second-order valence-electron chi connectivity index (χ2n) is 5.99. The number of rotatable bonds is 5. The average Bonchev–Trinajstić information content (AvgIpc) is 2.64. The molecule has 3 rings (SSSR count). The Morgan fingerprint density at radius 1 is 1.15 bits per heavy atom. The summed E-state index contributed by atoms with van der Waals surface area (Å²) in [7, 11) is 0. The second-order valence-corrected chi connectivity index (χ2v) is 6.40. The molecule has 4 nitrogen and oxygen atoms in total. The molecular weight excluding hydrogens is 348 g/mol. The van der Waals surface area contributed by atoms with Crippen molar-refractivity contribution < 1.29 is 9.53 Å². The van der Waals surface area contributed by atoms with E-state index in [4.69, 9.17) is 16.3 Å². The van der Waals surface area contributed by atoms with Gasteiger partial charge in [-0.1, -0.05) is 48.9 Å². The number of fused-ring (bicyclic) bond motifs is 1. The normalized spacial score (nSPS) is 10.8. The molecule has 0 fully saturated rings. The first kappa shape index (κ1) is 18.2. The lowest BCUT2D eigenvalue weighted by atomic mass is 10.0. The maximum Gasteiger partial charge on any atom is 0.341 e. The highest BCUT2D eigenvalue weighted by Gasteiger charge is 2.19. The van der Waals surface area contributed by atoms with Gasteiger partial charge in [0.15, 0.2) is 0 Å². The number of anilines is 2. The lowest BCUT2D eigenvalue weighted by molar-refractivity contribution is 0.0527. The molecule has 3 aromatic rings. The van der Waals surface area contributed by atoms with Crippen LogP contribution in [0.3, 0.4) is 0 Å². The Balaban J connectivity index is 2.24. The van der Waals surface area contributed by atoms with Crippen LogP contribution in [0.1, 0.15) is 35.3 Å². The van der Waals surface area contributed by atoms with Crippen molar-refractivity contribution in [3.63, 3.8) is 0 Å². The molecule has 1 heterocycles. The zero-order valence-electron chi connectivity index (χ0n) is 15.1. The van der Waals surface area contributed by atoms with Crippen LogP contribution in [0.5, 0.6) is 0 Å². The molecule has 0 aliphatic rings. The third-order valence-corrected chi connectivity index (χ3v) is 4.64. The number of nitrogens with one attached hydrogen (secondary N) is 1. The monoisotopic (exact) mass is 368 g/mol. The number of pyridine rings is 1. The molecule has 0 radical (unpaired) electrons. The lowest BCUT2D eigenvalue weighted by Crippen LogP contribution is -2.10. The van der Waals surface area contributed by atoms with Gasteiger partial charge >= 0.3 is 5.97 Å². The first-order chi connectivity index (χ1) is 12.6. The molecule has 26 heavy (non-hydrogen) atoms. The summed E-state index contributed by atoms with van der Waals surface area (Å²) in [6.45, 7) is 6.24. The number of halogens is 1. The molecule has 0 saturated heterocycles. The van der Waals surface area contributed by atoms with Gasteiger partial charge in [-0.2, -0.15) is 0 Å². The SMILES string of the molecule is CCOC(=O)c1cnc2c(Cl)cccc2c1Nc1c(C)cccc1CC. The number of aromatic nitrogens is 1. The third-order valence-electron chi connectivity index (χ3n) is 4.33. The van der Waals surface area contributed by atoms with Crippen LogP contribution in [0.25, 0.3) is 10.9 Å². The van der Waals surface area contributed by atoms with E-state index in [0.29, 0.717) is 28.4 Å². The van der Waals surface area contributed by atoms with E-state index in [0.717, 1.165) is 23.1 Å². The summed E-state index contributed by atoms with van der Waals surface area (Å²) in [6, 6.07) is 11.7. The fraction of sp³-hybridized carbons (Fsp3) is 0.238. The van der Waals surface area contributed by atoms with Crippen molar-refractivity contribution in [2.45, 2.75) is 27.2 Å². The molecule has 5 heteroatoms. The summed E-state index contributed by atoms with van der Waals surface area (Å²) >= 11 is 6.31. The number of carbonyl (C=O) groups excluding carboxylic acids is 1. The fourth-order valence-corrected chi connectivity index (χ4v) is 3.24. The standard InChI is InChI=1S/C21H21ClN2O2/c1-4-14-9-6-8-13(3)18(14)24-19-15-10-7-11-17(22)20(15)23-12-16(19)21(25)26-5-2/h6-12H,4-5H2,1-3H3,(H,23,24). The molecule has 0 bridgehead atoms. The van der Waals surface area contributed by atoms with E-state index < -0.39 is 5.97 Å². The molecule has 0 spiro atoms. The Kier molecular flexibility index (Phi) is 5.43. The zero-order chi connectivity index (χ0) is 18.7. The van der Waals surface area contributed by atoms with Gasteiger partial charge in [-0.05, 0) is 37.5 Å². The summed E-state index contributed by atoms with van der Waals surface area (Å²) < 4.78 is 5.22. The van der Waals surface area contributed by atoms with Crippen LogP contribution in [0, 0.1) is 6.92 Å². The smallest absolute Gasteiger partial charge is 0.341 e. The zero-order valence-corrected chi connectivity index (χ0v) is 15.9. The molecule has 0 aliphatic heterocycles. The van der Waals surface area contributed by atoms with Crippen molar-refractivity contribution in [2.24, 2.45) is 0 Å². The number of para-hydroxylation sites is 2. The molecular formula is C21H21ClN2O2. The highest BCUT2D eigenvalue weighted by Crippen LogP contribution is 2.34. The van der Waals surface area contributed by atoms with Gasteiger partial charge in [-0.25, -0.2) is 4.79 Å². The van der Waals surface area contributed by atoms with E-state index in [1.165, 1.54) is 11.8 Å². The van der Waals surface area contributed by atoms with Crippen LogP contribution < -0.4 is 5.32 Å². The minimum absolute atomic E-state index is 0.302. The minimum Gasteiger partial charge on any atom is -0.462 e. The predicted molar refractivity (Wildman–Crippen MR) is 107 cm³/mol. The Morgan fingerprint density at radius 2 is 1.92 bits per heavy atom. The Hall–Kier alpha value is -2.59. The van der Waals surface area contributed by atoms with E-state index in [-0.39, 0.29) is 0 Å². The first-order valence-corrected chi connectivity index (χ1v) is 9.04. The maximum atomic E-state index is 12.5. The van der Waals surface area contributed by atoms with Gasteiger partial charge in [-0.15, -0.1) is 0 Å². The van der Waals surface area contributed by atoms with Crippen molar-refractivity contribution >= 4 is 39.8 Å². The summed E-state index contributed by atoms with van der Waals surface area (Å²) in [5, 5.41) is 4.80. The van der Waals surface area contributed by atoms with Crippen molar-refractivity contribution in [2.75, 3.05) is 11.9 Å². The van der Waals surface area contributed by atoms with Gasteiger partial charge in [0.2, 0.25) is 0 Å². The van der Waals surface area contributed by atoms with Gasteiger partial charge in [-0.3, -0.25) is 4.98 Å². The van der Waals surface area contributed by atoms with Gasteiger partial charge < -0.3 is 10.1 Å². The number of hydrogen-bond donors (Lipinski definition) is 1. The van der Waals surface area contributed by atoms with Crippen LogP contribution in [-0.4, -0.2) is 17.6 Å². The average molecular weight is 369 g/mol. The van der Waals surface area contributed by atoms with Crippen LogP contribution >= 0.6 is 11.6 Å². The van der Waals surface area contributed by atoms with E-state index in [2.05, 4.69) is 23.3 Å². The number of hydrogen-bond acceptors (Lipinski definition) is 4. The maximum absolute atomic E-state index is 12.5. The van der Waals surface area contributed by atoms with E-state index in [9.17, 15) is 4.79 Å². The van der Waals surface area contributed by atoms with Crippen LogP contribution in [0.15, 0.2) is 42.6 Å². The second kappa shape index (κ2) is 7.75. The first-order valence-electron chi connectivity index (χ1n) is 8.66. The van der Waals surface area contributed by atoms with Gasteiger partial charge in [0, 0.05) is 17.3 Å². The number of ether oxygens (including phenoxy) is 1. The van der Waals surface area contributed by atoms with Gasteiger partial charge in [0.1, 0.15) is 5.56 Å². The molecule has 134 valence electrons. The van der Waals surface area contributed by atoms with E-state index >= 15 is 0 Å². The van der Waals surface area contributed by atoms with Crippen molar-refractivity contribution in [1.82, 2.24) is 4.98 Å². The Labute approximate surface area is 158 Å². The fourth-order valence-electron chi connectivity index (χ4n) is 3.01. The summed E-state index contributed by atoms with van der Waals surface area (Å²) in [4.78, 5) is 16.9. The van der Waals surface area contributed by atoms with E-state index in [1.54, 1.807) is 13.0 Å². The van der Waals surface area contributed by atoms with Crippen LogP contribution in [-0.2, 0) is 11.2 Å². The van der Waals surface area contributed by atoms with Crippen molar-refractivity contribution in [3.05, 3.63) is 64.3 Å². The van der Waals surface area contributed by atoms with E-state index in [1.807, 2.05) is 31.2 Å². The Morgan fingerprint density at radius 3 is 2.65 bits per heavy atom.